The van der Waals surface area contributed by atoms with Crippen LogP contribution in [0.25, 0.3) is 11.1 Å². The fraction of sp³-hybridized carbons (Fsp3) is 0.143. The highest BCUT2D eigenvalue weighted by atomic mass is 14.0. The second-order valence-electron chi connectivity index (χ2n) is 3.31. The van der Waals surface area contributed by atoms with E-state index in [1.54, 1.807) is 0 Å². The Morgan fingerprint density at radius 3 is 2.14 bits per heavy atom. The average molecular weight is 183 g/mol. The van der Waals surface area contributed by atoms with Crippen molar-refractivity contribution in [2.75, 3.05) is 0 Å². The van der Waals surface area contributed by atoms with E-state index < -0.39 is 0 Å². The molecule has 2 rings (SSSR count). The minimum atomic E-state index is 0.463. The molecule has 0 radical (unpaired) electrons. The van der Waals surface area contributed by atoms with Crippen LogP contribution in [0.5, 0.6) is 0 Å². The van der Waals surface area contributed by atoms with Gasteiger partial charge in [-0.2, -0.15) is 0 Å². The Balaban J connectivity index is 2.24. The predicted molar refractivity (Wildman–Crippen MR) is 61.3 cm³/mol. The van der Waals surface area contributed by atoms with Gasteiger partial charge in [-0.05, 0) is 23.1 Å². The number of rotatable bonds is 2. The summed E-state index contributed by atoms with van der Waals surface area (Å²) >= 11 is 0. The first kappa shape index (κ1) is 7.81. The van der Waals surface area contributed by atoms with Gasteiger partial charge in [-0.25, -0.2) is 0 Å². The highest BCUT2D eigenvalue weighted by Gasteiger charge is 1.95. The molecule has 0 aliphatic carbocycles. The van der Waals surface area contributed by atoms with Gasteiger partial charge in [-0.3, -0.25) is 0 Å². The lowest BCUT2D eigenvalue weighted by atomic mass is 10.0. The highest BCUT2D eigenvalue weighted by Crippen LogP contribution is 2.19. The number of aryl methyl sites for hydroxylation is 1. The quantitative estimate of drug-likeness (QED) is 0.662. The Kier molecular flexibility index (Phi) is 2.29. The largest absolute Gasteiger partial charge is 0.0622 e. The molecule has 0 N–H and O–H groups in total. The zero-order valence-electron chi connectivity index (χ0n) is 9.11. The zero-order valence-corrected chi connectivity index (χ0v) is 8.11. The van der Waals surface area contributed by atoms with Crippen LogP contribution in [-0.4, -0.2) is 0 Å². The Morgan fingerprint density at radius 2 is 1.50 bits per heavy atom. The maximum atomic E-state index is 7.16. The first-order valence-electron chi connectivity index (χ1n) is 5.54. The first-order chi connectivity index (χ1) is 7.40. The molecule has 0 amide bonds. The van der Waals surface area contributed by atoms with Crippen molar-refractivity contribution >= 4 is 0 Å². The van der Waals surface area contributed by atoms with Gasteiger partial charge in [-0.1, -0.05) is 61.5 Å². The van der Waals surface area contributed by atoms with Gasteiger partial charge in [-0.15, -0.1) is 0 Å². The molecular formula is C14H14. The molecule has 0 heteroatoms. The third-order valence-corrected chi connectivity index (χ3v) is 2.35. The molecule has 0 fully saturated rings. The van der Waals surface area contributed by atoms with E-state index in [-0.39, 0.29) is 0 Å². The number of hydrogen-bond acceptors (Lipinski definition) is 0. The van der Waals surface area contributed by atoms with Crippen LogP contribution in [0.3, 0.4) is 0 Å². The molecule has 2 aromatic rings. The van der Waals surface area contributed by atoms with Gasteiger partial charge in [0.15, 0.2) is 0 Å². The van der Waals surface area contributed by atoms with E-state index in [9.17, 15) is 0 Å². The summed E-state index contributed by atoms with van der Waals surface area (Å²) in [6.07, 6.45) is 0.842. The van der Waals surface area contributed by atoms with Crippen molar-refractivity contribution in [2.45, 2.75) is 13.3 Å². The Labute approximate surface area is 86.6 Å². The smallest absolute Gasteiger partial charge is 0.0234 e. The Morgan fingerprint density at radius 1 is 0.857 bits per heavy atom. The normalized spacial score (nSPS) is 11.0. The van der Waals surface area contributed by atoms with Crippen LogP contribution >= 0.6 is 0 Å². The van der Waals surface area contributed by atoms with Crippen molar-refractivity contribution in [1.82, 2.24) is 0 Å². The minimum Gasteiger partial charge on any atom is -0.0622 e. The van der Waals surface area contributed by atoms with Gasteiger partial charge >= 0.3 is 0 Å². The lowest BCUT2D eigenvalue weighted by Crippen LogP contribution is -1.80. The van der Waals surface area contributed by atoms with E-state index in [1.165, 1.54) is 16.7 Å². The van der Waals surface area contributed by atoms with Gasteiger partial charge in [0.2, 0.25) is 0 Å². The standard InChI is InChI=1S/C14H14/c1-2-12-8-10-14(11-9-12)13-6-4-3-5-7-13/h3-11H,2H2,1H3/i1D. The molecule has 0 unspecified atom stereocenters. The lowest BCUT2D eigenvalue weighted by Gasteiger charge is -2.02. The molecule has 14 heavy (non-hydrogen) atoms. The summed E-state index contributed by atoms with van der Waals surface area (Å²) in [7, 11) is 0. The summed E-state index contributed by atoms with van der Waals surface area (Å²) in [5, 5.41) is 0. The molecule has 2 aromatic carbocycles. The molecule has 0 bridgehead atoms. The van der Waals surface area contributed by atoms with Crippen LogP contribution in [0, 0.1) is 0 Å². The van der Waals surface area contributed by atoms with E-state index in [4.69, 9.17) is 1.37 Å². The van der Waals surface area contributed by atoms with Crippen molar-refractivity contribution < 1.29 is 1.37 Å². The summed E-state index contributed by atoms with van der Waals surface area (Å²) in [5.74, 6) is 0. The van der Waals surface area contributed by atoms with E-state index in [1.807, 2.05) is 18.2 Å². The van der Waals surface area contributed by atoms with Crippen molar-refractivity contribution in [1.29, 1.82) is 0 Å². The fourth-order valence-corrected chi connectivity index (χ4v) is 1.49. The van der Waals surface area contributed by atoms with Crippen LogP contribution in [0.2, 0.25) is 0 Å². The van der Waals surface area contributed by atoms with Crippen LogP contribution in [0.4, 0.5) is 0 Å². The van der Waals surface area contributed by atoms with E-state index in [0.717, 1.165) is 6.42 Å². The van der Waals surface area contributed by atoms with Gasteiger partial charge in [0, 0.05) is 1.37 Å². The van der Waals surface area contributed by atoms with Crippen molar-refractivity contribution in [3.63, 3.8) is 0 Å². The fourth-order valence-electron chi connectivity index (χ4n) is 1.49. The SMILES string of the molecule is [2H]CCc1ccc(-c2ccccc2)cc1. The molecule has 0 nitrogen and oxygen atoms in total. The van der Waals surface area contributed by atoms with Gasteiger partial charge < -0.3 is 0 Å². The molecule has 0 aliphatic rings. The van der Waals surface area contributed by atoms with E-state index in [2.05, 4.69) is 36.4 Å². The monoisotopic (exact) mass is 183 g/mol. The second-order valence-corrected chi connectivity index (χ2v) is 3.31. The topological polar surface area (TPSA) is 0 Å². The second kappa shape index (κ2) is 4.10. The first-order valence-corrected chi connectivity index (χ1v) is 4.84. The number of hydrogen-bond donors (Lipinski definition) is 0. The van der Waals surface area contributed by atoms with E-state index >= 15 is 0 Å². The maximum absolute atomic E-state index is 7.16. The van der Waals surface area contributed by atoms with Crippen LogP contribution < -0.4 is 0 Å². The van der Waals surface area contributed by atoms with Gasteiger partial charge in [0.1, 0.15) is 0 Å². The lowest BCUT2D eigenvalue weighted by molar-refractivity contribution is 1.14. The summed E-state index contributed by atoms with van der Waals surface area (Å²) in [6, 6.07) is 18.8. The molecule has 0 aromatic heterocycles. The van der Waals surface area contributed by atoms with Crippen molar-refractivity contribution in [3.8, 4) is 11.1 Å². The number of benzene rings is 2. The van der Waals surface area contributed by atoms with Gasteiger partial charge in [0.05, 0.1) is 0 Å². The maximum Gasteiger partial charge on any atom is 0.0234 e. The van der Waals surface area contributed by atoms with Crippen LogP contribution in [0.1, 0.15) is 13.8 Å². The third kappa shape index (κ3) is 1.85. The molecule has 0 saturated heterocycles. The third-order valence-electron chi connectivity index (χ3n) is 2.35. The van der Waals surface area contributed by atoms with Crippen molar-refractivity contribution in [2.24, 2.45) is 0 Å². The average Bonchev–Trinajstić information content (AvgIpc) is 2.32. The molecule has 0 spiro atoms. The van der Waals surface area contributed by atoms with E-state index in [0.29, 0.717) is 6.90 Å². The summed E-state index contributed by atoms with van der Waals surface area (Å²) in [5.41, 5.74) is 3.73. The predicted octanol–water partition coefficient (Wildman–Crippen LogP) is 3.92. The van der Waals surface area contributed by atoms with Crippen molar-refractivity contribution in [3.05, 3.63) is 60.2 Å². The molecule has 0 heterocycles. The van der Waals surface area contributed by atoms with Crippen LogP contribution in [-0.2, 0) is 6.42 Å². The summed E-state index contributed by atoms with van der Waals surface area (Å²) in [6.45, 7) is 0.463. The molecular weight excluding hydrogens is 168 g/mol. The zero-order chi connectivity index (χ0) is 10.5. The Bertz CT molecular complexity index is 403. The minimum absolute atomic E-state index is 0.463. The summed E-state index contributed by atoms with van der Waals surface area (Å²) in [4.78, 5) is 0. The molecule has 0 saturated carbocycles. The van der Waals surface area contributed by atoms with Gasteiger partial charge in [0.25, 0.3) is 0 Å². The highest BCUT2D eigenvalue weighted by molar-refractivity contribution is 5.63. The Hall–Kier alpha value is -1.56. The van der Waals surface area contributed by atoms with Crippen LogP contribution in [0.15, 0.2) is 54.6 Å². The molecule has 70 valence electrons. The molecule has 0 aliphatic heterocycles. The summed E-state index contributed by atoms with van der Waals surface area (Å²) < 4.78 is 7.16. The molecule has 0 atom stereocenters.